The van der Waals surface area contributed by atoms with E-state index in [2.05, 4.69) is 4.74 Å². The molecule has 6 heteroatoms. The lowest BCUT2D eigenvalue weighted by molar-refractivity contribution is -0.159. The van der Waals surface area contributed by atoms with Gasteiger partial charge in [-0.15, -0.1) is 0 Å². The van der Waals surface area contributed by atoms with Crippen molar-refractivity contribution in [3.63, 3.8) is 0 Å². The molecule has 1 atom stereocenters. The van der Waals surface area contributed by atoms with E-state index in [1.807, 2.05) is 0 Å². The van der Waals surface area contributed by atoms with Crippen LogP contribution in [0.3, 0.4) is 0 Å². The molecule has 1 aliphatic rings. The zero-order chi connectivity index (χ0) is 12.9. The maximum absolute atomic E-state index is 11.3. The highest BCUT2D eigenvalue weighted by Gasteiger charge is 2.33. The molecule has 0 amide bonds. The zero-order valence-corrected chi connectivity index (χ0v) is 10.4. The molecule has 0 aromatic carbocycles. The minimum absolute atomic E-state index is 0.0175. The Kier molecular flexibility index (Phi) is 4.89. The second kappa shape index (κ2) is 5.97. The summed E-state index contributed by atoms with van der Waals surface area (Å²) in [7, 11) is 1.28. The molecule has 1 unspecified atom stereocenters. The zero-order valence-electron chi connectivity index (χ0n) is 10.4. The normalized spacial score (nSPS) is 22.2. The van der Waals surface area contributed by atoms with Gasteiger partial charge in [0.2, 0.25) is 0 Å². The van der Waals surface area contributed by atoms with Crippen molar-refractivity contribution < 1.29 is 28.5 Å². The van der Waals surface area contributed by atoms with Crippen LogP contribution in [0.2, 0.25) is 0 Å². The van der Waals surface area contributed by atoms with E-state index in [1.54, 1.807) is 13.8 Å². The van der Waals surface area contributed by atoms with E-state index in [9.17, 15) is 9.59 Å². The smallest absolute Gasteiger partial charge is 0.306 e. The average molecular weight is 246 g/mol. The van der Waals surface area contributed by atoms with Gasteiger partial charge in [0.05, 0.1) is 26.6 Å². The number of carbonyl (C=O) groups excluding carboxylic acids is 2. The number of rotatable bonds is 5. The van der Waals surface area contributed by atoms with Gasteiger partial charge in [0.1, 0.15) is 12.7 Å². The second-order valence-electron chi connectivity index (χ2n) is 4.21. The third-order valence-corrected chi connectivity index (χ3v) is 2.26. The fourth-order valence-corrected chi connectivity index (χ4v) is 1.41. The summed E-state index contributed by atoms with van der Waals surface area (Å²) < 4.78 is 20.1. The monoisotopic (exact) mass is 246 g/mol. The van der Waals surface area contributed by atoms with Gasteiger partial charge in [-0.25, -0.2) is 0 Å². The van der Waals surface area contributed by atoms with Gasteiger partial charge in [0, 0.05) is 0 Å². The largest absolute Gasteiger partial charge is 0.469 e. The van der Waals surface area contributed by atoms with Crippen LogP contribution in [0, 0.1) is 0 Å². The Morgan fingerprint density at radius 3 is 2.47 bits per heavy atom. The van der Waals surface area contributed by atoms with E-state index in [0.29, 0.717) is 6.61 Å². The van der Waals surface area contributed by atoms with Gasteiger partial charge in [-0.2, -0.15) is 0 Å². The highest BCUT2D eigenvalue weighted by molar-refractivity contribution is 5.77. The summed E-state index contributed by atoms with van der Waals surface area (Å²) in [6.07, 6.45) is -0.195. The lowest BCUT2D eigenvalue weighted by Crippen LogP contribution is -2.25. The summed E-state index contributed by atoms with van der Waals surface area (Å²) in [4.78, 5) is 22.0. The second-order valence-corrected chi connectivity index (χ2v) is 4.21. The highest BCUT2D eigenvalue weighted by Crippen LogP contribution is 2.22. The van der Waals surface area contributed by atoms with E-state index >= 15 is 0 Å². The predicted molar refractivity (Wildman–Crippen MR) is 57.1 cm³/mol. The van der Waals surface area contributed by atoms with Gasteiger partial charge in [-0.05, 0) is 13.8 Å². The molecule has 0 saturated carbocycles. The molecule has 0 bridgehead atoms. The van der Waals surface area contributed by atoms with Crippen LogP contribution in [0.5, 0.6) is 0 Å². The number of ether oxygens (including phenoxy) is 4. The van der Waals surface area contributed by atoms with Crippen molar-refractivity contribution >= 4 is 11.9 Å². The number of hydrogen-bond donors (Lipinski definition) is 0. The summed E-state index contributed by atoms with van der Waals surface area (Å²) in [6.45, 7) is 4.14. The van der Waals surface area contributed by atoms with Crippen molar-refractivity contribution in [1.82, 2.24) is 0 Å². The van der Waals surface area contributed by atoms with E-state index in [1.165, 1.54) is 7.11 Å². The van der Waals surface area contributed by atoms with E-state index < -0.39 is 17.7 Å². The van der Waals surface area contributed by atoms with Crippen LogP contribution in [-0.2, 0) is 28.5 Å². The van der Waals surface area contributed by atoms with Gasteiger partial charge in [-0.1, -0.05) is 0 Å². The Morgan fingerprint density at radius 1 is 1.29 bits per heavy atom. The maximum Gasteiger partial charge on any atom is 0.306 e. The van der Waals surface area contributed by atoms with Crippen molar-refractivity contribution in [3.8, 4) is 0 Å². The molecule has 0 N–H and O–H groups in total. The van der Waals surface area contributed by atoms with Crippen LogP contribution in [0.15, 0.2) is 0 Å². The fraction of sp³-hybridized carbons (Fsp3) is 0.818. The number of methoxy groups -OCH3 is 1. The number of hydrogen-bond acceptors (Lipinski definition) is 6. The highest BCUT2D eigenvalue weighted by atomic mass is 16.7. The Labute approximate surface area is 100 Å². The third-order valence-electron chi connectivity index (χ3n) is 2.26. The molecule has 1 aliphatic heterocycles. The van der Waals surface area contributed by atoms with Crippen molar-refractivity contribution in [3.05, 3.63) is 0 Å². The molecule has 1 saturated heterocycles. The summed E-state index contributed by atoms with van der Waals surface area (Å²) in [6, 6.07) is 0. The Balaban J connectivity index is 2.14. The van der Waals surface area contributed by atoms with Crippen LogP contribution < -0.4 is 0 Å². The van der Waals surface area contributed by atoms with Crippen LogP contribution in [0.1, 0.15) is 26.7 Å². The minimum Gasteiger partial charge on any atom is -0.469 e. The summed E-state index contributed by atoms with van der Waals surface area (Å²) >= 11 is 0. The minimum atomic E-state index is -0.622. The molecule has 0 aromatic rings. The lowest BCUT2D eigenvalue weighted by Gasteiger charge is -2.16. The Bertz CT molecular complexity index is 286. The predicted octanol–water partition coefficient (Wildman–Crippen LogP) is 0.634. The van der Waals surface area contributed by atoms with Gasteiger partial charge in [-0.3, -0.25) is 9.59 Å². The average Bonchev–Trinajstić information content (AvgIpc) is 2.63. The molecule has 0 aromatic heterocycles. The molecule has 0 radical (unpaired) electrons. The summed E-state index contributed by atoms with van der Waals surface area (Å²) in [5.41, 5.74) is 0. The van der Waals surface area contributed by atoms with Crippen LogP contribution >= 0.6 is 0 Å². The van der Waals surface area contributed by atoms with Crippen molar-refractivity contribution in [2.45, 2.75) is 38.6 Å². The fourth-order valence-electron chi connectivity index (χ4n) is 1.41. The molecule has 0 aliphatic carbocycles. The van der Waals surface area contributed by atoms with Gasteiger partial charge in [0.15, 0.2) is 5.79 Å². The van der Waals surface area contributed by atoms with Crippen molar-refractivity contribution in [2.75, 3.05) is 20.3 Å². The van der Waals surface area contributed by atoms with E-state index in [0.717, 1.165) is 0 Å². The van der Waals surface area contributed by atoms with Crippen LogP contribution in [-0.4, -0.2) is 44.2 Å². The Morgan fingerprint density at radius 2 is 1.94 bits per heavy atom. The first-order chi connectivity index (χ1) is 7.93. The molecule has 1 fully saturated rings. The first kappa shape index (κ1) is 13.9. The van der Waals surface area contributed by atoms with Crippen molar-refractivity contribution in [2.24, 2.45) is 0 Å². The molecule has 0 spiro atoms. The summed E-state index contributed by atoms with van der Waals surface area (Å²) in [5.74, 6) is -1.49. The van der Waals surface area contributed by atoms with Crippen LogP contribution in [0.4, 0.5) is 0 Å². The van der Waals surface area contributed by atoms with E-state index in [-0.39, 0.29) is 25.6 Å². The van der Waals surface area contributed by atoms with Crippen molar-refractivity contribution in [1.29, 1.82) is 0 Å². The first-order valence-electron chi connectivity index (χ1n) is 5.47. The molecule has 6 nitrogen and oxygen atoms in total. The SMILES string of the molecule is COC(=O)CCC(=O)OCC1COC(C)(C)O1. The maximum atomic E-state index is 11.3. The lowest BCUT2D eigenvalue weighted by atomic mass is 10.3. The standard InChI is InChI=1S/C11H18O6/c1-11(2)16-7-8(17-11)6-15-10(13)5-4-9(12)14-3/h8H,4-7H2,1-3H3. The molecular weight excluding hydrogens is 228 g/mol. The topological polar surface area (TPSA) is 71.1 Å². The summed E-state index contributed by atoms with van der Waals surface area (Å²) in [5, 5.41) is 0. The molecular formula is C11H18O6. The van der Waals surface area contributed by atoms with E-state index in [4.69, 9.17) is 14.2 Å². The van der Waals surface area contributed by atoms with Gasteiger partial charge < -0.3 is 18.9 Å². The van der Waals surface area contributed by atoms with Gasteiger partial charge >= 0.3 is 11.9 Å². The quantitative estimate of drug-likeness (QED) is 0.663. The third kappa shape index (κ3) is 5.14. The molecule has 17 heavy (non-hydrogen) atoms. The molecule has 1 heterocycles. The molecule has 98 valence electrons. The number of esters is 2. The first-order valence-corrected chi connectivity index (χ1v) is 5.47. The van der Waals surface area contributed by atoms with Crippen LogP contribution in [0.25, 0.3) is 0 Å². The van der Waals surface area contributed by atoms with Gasteiger partial charge in [0.25, 0.3) is 0 Å². The molecule has 1 rings (SSSR count). The Hall–Kier alpha value is -1.14. The number of carbonyl (C=O) groups is 2.